The van der Waals surface area contributed by atoms with Crippen molar-refractivity contribution in [2.24, 2.45) is 5.92 Å². The number of benzene rings is 2. The van der Waals surface area contributed by atoms with Crippen LogP contribution in [0.3, 0.4) is 0 Å². The van der Waals surface area contributed by atoms with E-state index in [0.717, 1.165) is 53.8 Å². The van der Waals surface area contributed by atoms with Gasteiger partial charge in [0, 0.05) is 22.6 Å². The Bertz CT molecular complexity index is 714. The fourth-order valence-corrected chi connectivity index (χ4v) is 3.70. The highest BCUT2D eigenvalue weighted by molar-refractivity contribution is 9.10. The Morgan fingerprint density at radius 2 is 1.68 bits per heavy atom. The Hall–Kier alpha value is -1.65. The summed E-state index contributed by atoms with van der Waals surface area (Å²) < 4.78 is 1.11. The quantitative estimate of drug-likeness (QED) is 0.789. The predicted octanol–water partition coefficient (Wildman–Crippen LogP) is 4.92. The number of nitrogens with one attached hydrogen (secondary N) is 1. The molecule has 1 aliphatic heterocycles. The Labute approximate surface area is 158 Å². The van der Waals surface area contributed by atoms with Crippen molar-refractivity contribution in [1.82, 2.24) is 4.90 Å². The maximum absolute atomic E-state index is 12.6. The first-order valence-corrected chi connectivity index (χ1v) is 9.66. The number of carbonyl (C=O) groups is 1. The van der Waals surface area contributed by atoms with E-state index in [1.54, 1.807) is 0 Å². The highest BCUT2D eigenvalue weighted by Gasteiger charge is 2.25. The van der Waals surface area contributed by atoms with E-state index < -0.39 is 0 Å². The fourth-order valence-electron chi connectivity index (χ4n) is 3.44. The minimum Gasteiger partial charge on any atom is -0.325 e. The van der Waals surface area contributed by atoms with Crippen LogP contribution in [0, 0.1) is 19.8 Å². The topological polar surface area (TPSA) is 32.3 Å². The second kappa shape index (κ2) is 8.15. The van der Waals surface area contributed by atoms with Gasteiger partial charge in [0.1, 0.15) is 0 Å². The van der Waals surface area contributed by atoms with Crippen LogP contribution in [0.15, 0.2) is 46.9 Å². The number of aryl methyl sites for hydroxylation is 2. The molecule has 0 aliphatic carbocycles. The summed E-state index contributed by atoms with van der Waals surface area (Å²) in [5, 5.41) is 3.16. The molecule has 1 saturated heterocycles. The molecule has 0 bridgehead atoms. The number of hydrogen-bond donors (Lipinski definition) is 1. The maximum atomic E-state index is 12.6. The lowest BCUT2D eigenvalue weighted by molar-refractivity contribution is -0.121. The minimum atomic E-state index is 0.111. The van der Waals surface area contributed by atoms with E-state index in [1.807, 2.05) is 32.0 Å². The average Bonchev–Trinajstić information content (AvgIpc) is 2.61. The van der Waals surface area contributed by atoms with E-state index in [9.17, 15) is 4.79 Å². The van der Waals surface area contributed by atoms with Gasteiger partial charge in [0.15, 0.2) is 0 Å². The Morgan fingerprint density at radius 3 is 2.28 bits per heavy atom. The molecule has 0 spiro atoms. The molecule has 0 unspecified atom stereocenters. The second-order valence-electron chi connectivity index (χ2n) is 6.93. The van der Waals surface area contributed by atoms with Gasteiger partial charge in [-0.05, 0) is 68.6 Å². The van der Waals surface area contributed by atoms with Crippen molar-refractivity contribution in [3.8, 4) is 0 Å². The molecule has 1 heterocycles. The van der Waals surface area contributed by atoms with E-state index >= 15 is 0 Å². The number of piperidine rings is 1. The lowest BCUT2D eigenvalue weighted by Gasteiger charge is -2.31. The summed E-state index contributed by atoms with van der Waals surface area (Å²) in [7, 11) is 0. The molecule has 25 heavy (non-hydrogen) atoms. The smallest absolute Gasteiger partial charge is 0.227 e. The van der Waals surface area contributed by atoms with Crippen LogP contribution in [0.25, 0.3) is 0 Å². The van der Waals surface area contributed by atoms with Gasteiger partial charge in [-0.3, -0.25) is 9.69 Å². The molecule has 1 fully saturated rings. The summed E-state index contributed by atoms with van der Waals surface area (Å²) in [6.07, 6.45) is 1.85. The van der Waals surface area contributed by atoms with Crippen LogP contribution in [0.2, 0.25) is 0 Å². The second-order valence-corrected chi connectivity index (χ2v) is 7.85. The lowest BCUT2D eigenvalue weighted by Crippen LogP contribution is -2.37. The largest absolute Gasteiger partial charge is 0.325 e. The summed E-state index contributed by atoms with van der Waals surface area (Å²) in [6.45, 7) is 6.99. The van der Waals surface area contributed by atoms with Crippen molar-refractivity contribution in [3.63, 3.8) is 0 Å². The van der Waals surface area contributed by atoms with Crippen molar-refractivity contribution in [1.29, 1.82) is 0 Å². The minimum absolute atomic E-state index is 0.111. The van der Waals surface area contributed by atoms with Crippen LogP contribution in [0.5, 0.6) is 0 Å². The van der Waals surface area contributed by atoms with E-state index in [2.05, 4.69) is 50.4 Å². The van der Waals surface area contributed by atoms with E-state index in [1.165, 1.54) is 5.56 Å². The van der Waals surface area contributed by atoms with Gasteiger partial charge < -0.3 is 5.32 Å². The van der Waals surface area contributed by atoms with Crippen molar-refractivity contribution < 1.29 is 4.79 Å². The molecule has 1 aliphatic rings. The first kappa shape index (κ1) is 18.2. The van der Waals surface area contributed by atoms with Gasteiger partial charge in [-0.25, -0.2) is 0 Å². The van der Waals surface area contributed by atoms with Gasteiger partial charge in [0.2, 0.25) is 5.91 Å². The Balaban J connectivity index is 1.53. The highest BCUT2D eigenvalue weighted by Crippen LogP contribution is 2.24. The van der Waals surface area contributed by atoms with Crippen LogP contribution >= 0.6 is 15.9 Å². The van der Waals surface area contributed by atoms with Gasteiger partial charge >= 0.3 is 0 Å². The molecule has 3 nitrogen and oxygen atoms in total. The molecule has 0 atom stereocenters. The van der Waals surface area contributed by atoms with Gasteiger partial charge in [-0.1, -0.05) is 46.3 Å². The summed E-state index contributed by atoms with van der Waals surface area (Å²) in [5.41, 5.74) is 4.55. The number of rotatable bonds is 4. The molecule has 132 valence electrons. The molecule has 2 aromatic rings. The average molecular weight is 401 g/mol. The summed E-state index contributed by atoms with van der Waals surface area (Å²) in [5.74, 6) is 0.279. The zero-order valence-electron chi connectivity index (χ0n) is 14.9. The summed E-state index contributed by atoms with van der Waals surface area (Å²) in [6, 6.07) is 14.6. The van der Waals surface area contributed by atoms with Crippen LogP contribution in [0.4, 0.5) is 5.69 Å². The van der Waals surface area contributed by atoms with Crippen LogP contribution in [-0.4, -0.2) is 23.9 Å². The monoisotopic (exact) mass is 400 g/mol. The van der Waals surface area contributed by atoms with Crippen LogP contribution < -0.4 is 5.32 Å². The predicted molar refractivity (Wildman–Crippen MR) is 107 cm³/mol. The van der Waals surface area contributed by atoms with E-state index in [-0.39, 0.29) is 11.8 Å². The van der Waals surface area contributed by atoms with Gasteiger partial charge in [0.25, 0.3) is 0 Å². The van der Waals surface area contributed by atoms with E-state index in [4.69, 9.17) is 0 Å². The first-order valence-electron chi connectivity index (χ1n) is 8.87. The number of anilines is 1. The zero-order chi connectivity index (χ0) is 17.8. The normalized spacial score (nSPS) is 16.0. The van der Waals surface area contributed by atoms with Crippen molar-refractivity contribution in [2.75, 3.05) is 18.4 Å². The zero-order valence-corrected chi connectivity index (χ0v) is 16.5. The molecule has 2 aromatic carbocycles. The third-order valence-electron chi connectivity index (χ3n) is 5.01. The van der Waals surface area contributed by atoms with Crippen LogP contribution in [-0.2, 0) is 11.3 Å². The third-order valence-corrected chi connectivity index (χ3v) is 5.54. The summed E-state index contributed by atoms with van der Waals surface area (Å²) in [4.78, 5) is 15.1. The van der Waals surface area contributed by atoms with Gasteiger partial charge in [-0.15, -0.1) is 0 Å². The molecular weight excluding hydrogens is 376 g/mol. The van der Waals surface area contributed by atoms with Crippen molar-refractivity contribution in [2.45, 2.75) is 33.2 Å². The molecular formula is C21H25BrN2O. The number of nitrogens with zero attached hydrogens (tertiary/aromatic N) is 1. The number of halogens is 1. The first-order chi connectivity index (χ1) is 12.0. The Morgan fingerprint density at radius 1 is 1.08 bits per heavy atom. The van der Waals surface area contributed by atoms with Gasteiger partial charge in [-0.2, -0.15) is 0 Å². The molecule has 0 radical (unpaired) electrons. The molecule has 1 amide bonds. The SMILES string of the molecule is Cc1cccc(C)c1NC(=O)C1CCN(Cc2ccc(Br)cc2)CC1. The Kier molecular flexibility index (Phi) is 5.92. The summed E-state index contributed by atoms with van der Waals surface area (Å²) >= 11 is 3.47. The molecule has 0 aromatic heterocycles. The molecule has 3 rings (SSSR count). The van der Waals surface area contributed by atoms with E-state index in [0.29, 0.717) is 0 Å². The number of amides is 1. The highest BCUT2D eigenvalue weighted by atomic mass is 79.9. The third kappa shape index (κ3) is 4.71. The van der Waals surface area contributed by atoms with Crippen molar-refractivity contribution >= 4 is 27.5 Å². The lowest BCUT2D eigenvalue weighted by atomic mass is 9.95. The molecule has 0 saturated carbocycles. The molecule has 4 heteroatoms. The van der Waals surface area contributed by atoms with Crippen molar-refractivity contribution in [3.05, 3.63) is 63.6 Å². The van der Waals surface area contributed by atoms with Gasteiger partial charge in [0.05, 0.1) is 0 Å². The standard InChI is InChI=1S/C21H25BrN2O/c1-15-4-3-5-16(2)20(15)23-21(25)18-10-12-24(13-11-18)14-17-6-8-19(22)9-7-17/h3-9,18H,10-14H2,1-2H3,(H,23,25). The number of carbonyl (C=O) groups excluding carboxylic acids is 1. The number of likely N-dealkylation sites (tertiary alicyclic amines) is 1. The van der Waals surface area contributed by atoms with Crippen LogP contribution in [0.1, 0.15) is 29.5 Å². The fraction of sp³-hybridized carbons (Fsp3) is 0.381. The number of hydrogen-bond acceptors (Lipinski definition) is 2. The number of para-hydroxylation sites is 1. The maximum Gasteiger partial charge on any atom is 0.227 e. The molecule has 1 N–H and O–H groups in total.